The van der Waals surface area contributed by atoms with Gasteiger partial charge in [0.2, 0.25) is 0 Å². The minimum Gasteiger partial charge on any atom is -0.435 e. The first-order chi connectivity index (χ1) is 5.31. The molecule has 2 rings (SSSR count). The first-order valence-corrected chi connectivity index (χ1v) is 4.22. The van der Waals surface area contributed by atoms with Gasteiger partial charge in [-0.15, -0.1) is 0 Å². The van der Waals surface area contributed by atoms with Crippen molar-refractivity contribution in [3.63, 3.8) is 0 Å². The Bertz CT molecular complexity index is 291. The first kappa shape index (κ1) is 7.03. The molecule has 1 aromatic heterocycles. The van der Waals surface area contributed by atoms with E-state index in [4.69, 9.17) is 4.42 Å². The van der Waals surface area contributed by atoms with Crippen molar-refractivity contribution in [1.82, 2.24) is 4.98 Å². The molecule has 11 heavy (non-hydrogen) atoms. The van der Waals surface area contributed by atoms with Crippen molar-refractivity contribution in [3.05, 3.63) is 16.3 Å². The van der Waals surface area contributed by atoms with Crippen molar-refractivity contribution in [2.24, 2.45) is 0 Å². The lowest BCUT2D eigenvalue weighted by Gasteiger charge is -1.86. The van der Waals surface area contributed by atoms with Crippen LogP contribution in [0.25, 0.3) is 0 Å². The highest BCUT2D eigenvalue weighted by Gasteiger charge is 2.30. The van der Waals surface area contributed by atoms with E-state index in [9.17, 15) is 4.79 Å². The van der Waals surface area contributed by atoms with E-state index in [0.717, 1.165) is 24.9 Å². The molecule has 0 spiro atoms. The molecule has 58 valence electrons. The summed E-state index contributed by atoms with van der Waals surface area (Å²) in [7, 11) is 0. The van der Waals surface area contributed by atoms with E-state index in [1.807, 2.05) is 0 Å². The van der Waals surface area contributed by atoms with Gasteiger partial charge in [-0.1, -0.05) is 0 Å². The van der Waals surface area contributed by atoms with Gasteiger partial charge in [0.25, 0.3) is 4.80 Å². The molecule has 0 N–H and O–H groups in total. The summed E-state index contributed by atoms with van der Waals surface area (Å²) in [5.41, 5.74) is 0.444. The molecule has 1 aliphatic rings. The predicted molar refractivity (Wildman–Crippen MR) is 41.6 cm³/mol. The highest BCUT2D eigenvalue weighted by Crippen LogP contribution is 2.42. The van der Waals surface area contributed by atoms with E-state index in [-0.39, 0.29) is 0 Å². The van der Waals surface area contributed by atoms with E-state index in [0.29, 0.717) is 16.4 Å². The quantitative estimate of drug-likeness (QED) is 0.711. The van der Waals surface area contributed by atoms with Crippen molar-refractivity contribution in [1.29, 1.82) is 0 Å². The molecule has 1 aliphatic carbocycles. The van der Waals surface area contributed by atoms with Crippen LogP contribution >= 0.6 is 15.9 Å². The van der Waals surface area contributed by atoms with Crippen LogP contribution in [0.4, 0.5) is 0 Å². The van der Waals surface area contributed by atoms with Crippen LogP contribution in [-0.4, -0.2) is 11.3 Å². The Morgan fingerprint density at radius 1 is 1.64 bits per heavy atom. The lowest BCUT2D eigenvalue weighted by Crippen LogP contribution is -1.84. The summed E-state index contributed by atoms with van der Waals surface area (Å²) >= 11 is 3.08. The molecule has 0 amide bonds. The largest absolute Gasteiger partial charge is 0.435 e. The van der Waals surface area contributed by atoms with Crippen LogP contribution in [0.2, 0.25) is 0 Å². The average molecular weight is 216 g/mol. The molecule has 0 bridgehead atoms. The summed E-state index contributed by atoms with van der Waals surface area (Å²) in [4.78, 5) is 14.7. The van der Waals surface area contributed by atoms with Crippen LogP contribution in [0.5, 0.6) is 0 Å². The highest BCUT2D eigenvalue weighted by molar-refractivity contribution is 9.10. The summed E-state index contributed by atoms with van der Waals surface area (Å²) in [6.07, 6.45) is 2.97. The van der Waals surface area contributed by atoms with Gasteiger partial charge in [0.1, 0.15) is 11.5 Å². The van der Waals surface area contributed by atoms with Crippen molar-refractivity contribution in [2.75, 3.05) is 0 Å². The summed E-state index contributed by atoms with van der Waals surface area (Å²) < 4.78 is 5.20. The molecule has 0 saturated heterocycles. The van der Waals surface area contributed by atoms with Crippen molar-refractivity contribution < 1.29 is 9.21 Å². The molecule has 0 atom stereocenters. The molecular weight excluding hydrogens is 210 g/mol. The molecule has 1 saturated carbocycles. The first-order valence-electron chi connectivity index (χ1n) is 3.42. The zero-order chi connectivity index (χ0) is 7.84. The summed E-state index contributed by atoms with van der Waals surface area (Å²) in [6.45, 7) is 0. The van der Waals surface area contributed by atoms with Gasteiger partial charge >= 0.3 is 0 Å². The second-order valence-corrected chi connectivity index (χ2v) is 3.29. The Balaban J connectivity index is 2.41. The number of rotatable bonds is 2. The second kappa shape index (κ2) is 2.44. The highest BCUT2D eigenvalue weighted by atomic mass is 79.9. The third-order valence-electron chi connectivity index (χ3n) is 1.71. The third kappa shape index (κ3) is 1.22. The third-order valence-corrected chi connectivity index (χ3v) is 2.05. The molecule has 1 fully saturated rings. The zero-order valence-corrected chi connectivity index (χ0v) is 7.30. The van der Waals surface area contributed by atoms with Crippen LogP contribution in [0.15, 0.2) is 9.22 Å². The number of aldehydes is 1. The maximum Gasteiger partial charge on any atom is 0.264 e. The minimum absolute atomic E-state index is 0.404. The Kier molecular flexibility index (Phi) is 1.56. The molecule has 0 aromatic carbocycles. The van der Waals surface area contributed by atoms with Crippen LogP contribution in [0.1, 0.15) is 35.0 Å². The topological polar surface area (TPSA) is 43.1 Å². The van der Waals surface area contributed by atoms with E-state index >= 15 is 0 Å². The summed E-state index contributed by atoms with van der Waals surface area (Å²) in [5.74, 6) is 1.18. The molecule has 1 aromatic rings. The maximum absolute atomic E-state index is 10.4. The fourth-order valence-corrected chi connectivity index (χ4v) is 1.40. The smallest absolute Gasteiger partial charge is 0.264 e. The Morgan fingerprint density at radius 3 is 2.91 bits per heavy atom. The van der Waals surface area contributed by atoms with Crippen LogP contribution < -0.4 is 0 Å². The van der Waals surface area contributed by atoms with Gasteiger partial charge in [0.15, 0.2) is 6.29 Å². The number of nitrogens with zero attached hydrogens (tertiary/aromatic N) is 1. The second-order valence-electron chi connectivity index (χ2n) is 2.61. The van der Waals surface area contributed by atoms with E-state index in [1.54, 1.807) is 0 Å². The van der Waals surface area contributed by atoms with E-state index in [2.05, 4.69) is 20.9 Å². The Hall–Kier alpha value is -0.640. The monoisotopic (exact) mass is 215 g/mol. The fourth-order valence-electron chi connectivity index (χ4n) is 1.04. The predicted octanol–water partition coefficient (Wildman–Crippen LogP) is 2.13. The number of hydrogen-bond acceptors (Lipinski definition) is 3. The van der Waals surface area contributed by atoms with Crippen molar-refractivity contribution >= 4 is 22.2 Å². The van der Waals surface area contributed by atoms with Gasteiger partial charge in [0.05, 0.1) is 0 Å². The number of hydrogen-bond donors (Lipinski definition) is 0. The molecule has 0 radical (unpaired) electrons. The zero-order valence-electron chi connectivity index (χ0n) is 5.71. The van der Waals surface area contributed by atoms with Crippen LogP contribution in [0, 0.1) is 0 Å². The molecule has 4 heteroatoms. The number of aromatic nitrogens is 1. The Morgan fingerprint density at radius 2 is 2.36 bits per heavy atom. The van der Waals surface area contributed by atoms with Crippen LogP contribution in [-0.2, 0) is 0 Å². The van der Waals surface area contributed by atoms with Gasteiger partial charge in [-0.25, -0.2) is 4.98 Å². The fraction of sp³-hybridized carbons (Fsp3) is 0.429. The van der Waals surface area contributed by atoms with Crippen molar-refractivity contribution in [2.45, 2.75) is 18.8 Å². The Labute approximate surface area is 71.9 Å². The van der Waals surface area contributed by atoms with Gasteiger partial charge < -0.3 is 4.42 Å². The van der Waals surface area contributed by atoms with Gasteiger partial charge in [-0.2, -0.15) is 0 Å². The number of oxazole rings is 1. The van der Waals surface area contributed by atoms with Crippen molar-refractivity contribution in [3.8, 4) is 0 Å². The van der Waals surface area contributed by atoms with Crippen LogP contribution in [0.3, 0.4) is 0 Å². The molecule has 0 aliphatic heterocycles. The summed E-state index contributed by atoms with van der Waals surface area (Å²) in [6, 6.07) is 0. The number of carbonyl (C=O) groups excluding carboxylic acids is 1. The standard InChI is InChI=1S/C7H6BrNO2/c8-7-9-5(3-10)6(11-7)4-1-2-4/h3-4H,1-2H2. The van der Waals surface area contributed by atoms with Gasteiger partial charge in [-0.3, -0.25) is 4.79 Å². The number of halogens is 1. The SMILES string of the molecule is O=Cc1nc(Br)oc1C1CC1. The van der Waals surface area contributed by atoms with E-state index < -0.39 is 0 Å². The normalized spacial score (nSPS) is 16.8. The molecular formula is C7H6BrNO2. The summed E-state index contributed by atoms with van der Waals surface area (Å²) in [5, 5.41) is 0. The molecule has 1 heterocycles. The lowest BCUT2D eigenvalue weighted by molar-refractivity contribution is 0.111. The van der Waals surface area contributed by atoms with Gasteiger partial charge in [-0.05, 0) is 12.8 Å². The van der Waals surface area contributed by atoms with Gasteiger partial charge in [0, 0.05) is 21.8 Å². The molecule has 3 nitrogen and oxygen atoms in total. The van der Waals surface area contributed by atoms with E-state index in [1.165, 1.54) is 0 Å². The maximum atomic E-state index is 10.4. The molecule has 0 unspecified atom stereocenters. The average Bonchev–Trinajstić information content (AvgIpc) is 2.75. The number of carbonyl (C=O) groups is 1. The minimum atomic E-state index is 0.404. The lowest BCUT2D eigenvalue weighted by atomic mass is 10.3.